The summed E-state index contributed by atoms with van der Waals surface area (Å²) in [6.07, 6.45) is 2.76. The number of amides is 1. The Morgan fingerprint density at radius 1 is 1.19 bits per heavy atom. The number of benzene rings is 2. The summed E-state index contributed by atoms with van der Waals surface area (Å²) in [4.78, 5) is 19.6. The molecule has 37 heavy (non-hydrogen) atoms. The van der Waals surface area contributed by atoms with Gasteiger partial charge in [0.2, 0.25) is 0 Å². The number of tetrazole rings is 1. The summed E-state index contributed by atoms with van der Waals surface area (Å²) in [5.41, 5.74) is 2.99. The van der Waals surface area contributed by atoms with Gasteiger partial charge in [-0.2, -0.15) is 5.26 Å². The van der Waals surface area contributed by atoms with Gasteiger partial charge in [0.1, 0.15) is 17.3 Å². The van der Waals surface area contributed by atoms with Crippen LogP contribution >= 0.6 is 11.6 Å². The predicted molar refractivity (Wildman–Crippen MR) is 138 cm³/mol. The smallest absolute Gasteiger partial charge is 0.261 e. The first kappa shape index (κ1) is 25.6. The second-order valence-corrected chi connectivity index (χ2v) is 8.55. The lowest BCUT2D eigenvalue weighted by molar-refractivity contribution is 0.0988. The molecule has 0 aliphatic rings. The van der Waals surface area contributed by atoms with Crippen molar-refractivity contribution in [3.8, 4) is 28.7 Å². The lowest BCUT2D eigenvalue weighted by Gasteiger charge is -2.22. The predicted octanol–water partition coefficient (Wildman–Crippen LogP) is 4.39. The van der Waals surface area contributed by atoms with E-state index in [2.05, 4.69) is 31.7 Å². The molecule has 0 aliphatic carbocycles. The fourth-order valence-electron chi connectivity index (χ4n) is 3.82. The Balaban J connectivity index is 1.73. The maximum absolute atomic E-state index is 13.8. The number of carbonyl (C=O) groups is 1. The van der Waals surface area contributed by atoms with Crippen molar-refractivity contribution in [2.24, 2.45) is 0 Å². The second-order valence-electron chi connectivity index (χ2n) is 8.15. The van der Waals surface area contributed by atoms with Crippen molar-refractivity contribution in [2.75, 3.05) is 25.7 Å². The molecular formula is C26H24ClN7O3. The van der Waals surface area contributed by atoms with E-state index in [9.17, 15) is 10.1 Å². The summed E-state index contributed by atoms with van der Waals surface area (Å²) >= 11 is 6.65. The molecule has 11 heteroatoms. The molecule has 4 aromatic rings. The Morgan fingerprint density at radius 3 is 2.73 bits per heavy atom. The molecule has 0 unspecified atom stereocenters. The van der Waals surface area contributed by atoms with Gasteiger partial charge in [0.15, 0.2) is 0 Å². The van der Waals surface area contributed by atoms with E-state index in [-0.39, 0.29) is 11.5 Å². The zero-order chi connectivity index (χ0) is 26.4. The van der Waals surface area contributed by atoms with Crippen molar-refractivity contribution in [3.05, 3.63) is 76.3 Å². The monoisotopic (exact) mass is 517 g/mol. The van der Waals surface area contributed by atoms with E-state index < -0.39 is 0 Å². The van der Waals surface area contributed by atoms with Crippen LogP contribution in [0.25, 0.3) is 11.1 Å². The molecule has 4 rings (SSSR count). The molecule has 0 radical (unpaired) electrons. The standard InChI is InChI=1S/C26H24ClN7O3/c1-16-11-17(14-28)20(15-29-16)18-12-19(26(35)34(2)22-7-4-5-8-23(22)36-3)24(13-21(18)27)37-10-6-9-25-30-32-33-31-25/h4-5,7-8,11-13,15H,6,9-10H2,1-3H3,(H,30,31,32,33). The quantitative estimate of drug-likeness (QED) is 0.323. The van der Waals surface area contributed by atoms with E-state index in [1.54, 1.807) is 57.6 Å². The number of rotatable bonds is 9. The molecule has 0 aliphatic heterocycles. The number of aromatic amines is 1. The number of nitriles is 1. The number of hydrogen-bond acceptors (Lipinski definition) is 8. The second kappa shape index (κ2) is 11.5. The molecule has 2 aromatic carbocycles. The van der Waals surface area contributed by atoms with Gasteiger partial charge in [0.25, 0.3) is 5.91 Å². The summed E-state index contributed by atoms with van der Waals surface area (Å²) in [5.74, 6) is 1.16. The molecule has 1 N–H and O–H groups in total. The summed E-state index contributed by atoms with van der Waals surface area (Å²) < 4.78 is 11.5. The van der Waals surface area contributed by atoms with Crippen molar-refractivity contribution in [1.29, 1.82) is 5.26 Å². The number of nitrogens with zero attached hydrogens (tertiary/aromatic N) is 6. The average molecular weight is 518 g/mol. The highest BCUT2D eigenvalue weighted by Crippen LogP contribution is 2.37. The zero-order valence-corrected chi connectivity index (χ0v) is 21.3. The van der Waals surface area contributed by atoms with Crippen LogP contribution in [0.1, 0.15) is 33.9 Å². The van der Waals surface area contributed by atoms with Crippen molar-refractivity contribution in [2.45, 2.75) is 19.8 Å². The van der Waals surface area contributed by atoms with Gasteiger partial charge in [0.05, 0.1) is 41.6 Å². The number of hydrogen-bond donors (Lipinski definition) is 1. The summed E-state index contributed by atoms with van der Waals surface area (Å²) in [6.45, 7) is 2.10. The van der Waals surface area contributed by atoms with E-state index in [1.165, 1.54) is 4.90 Å². The Labute approximate surface area is 218 Å². The third kappa shape index (κ3) is 5.68. The Morgan fingerprint density at radius 2 is 2.00 bits per heavy atom. The molecule has 10 nitrogen and oxygen atoms in total. The van der Waals surface area contributed by atoms with Crippen molar-refractivity contribution in [3.63, 3.8) is 0 Å². The van der Waals surface area contributed by atoms with Crippen LogP contribution < -0.4 is 14.4 Å². The van der Waals surface area contributed by atoms with Gasteiger partial charge >= 0.3 is 0 Å². The first-order valence-electron chi connectivity index (χ1n) is 11.4. The van der Waals surface area contributed by atoms with Crippen LogP contribution in [-0.2, 0) is 6.42 Å². The van der Waals surface area contributed by atoms with Crippen LogP contribution in [0.5, 0.6) is 11.5 Å². The van der Waals surface area contributed by atoms with Crippen LogP contribution in [0, 0.1) is 18.3 Å². The largest absolute Gasteiger partial charge is 0.495 e. The fourth-order valence-corrected chi connectivity index (χ4v) is 4.07. The molecule has 0 fully saturated rings. The van der Waals surface area contributed by atoms with Gasteiger partial charge in [-0.05, 0) is 48.0 Å². The van der Waals surface area contributed by atoms with Crippen LogP contribution in [0.2, 0.25) is 5.02 Å². The third-order valence-electron chi connectivity index (χ3n) is 5.71. The lowest BCUT2D eigenvalue weighted by Crippen LogP contribution is -2.27. The summed E-state index contributed by atoms with van der Waals surface area (Å²) in [6, 6.07) is 14.3. The molecule has 0 saturated carbocycles. The van der Waals surface area contributed by atoms with Crippen molar-refractivity contribution in [1.82, 2.24) is 25.6 Å². The minimum absolute atomic E-state index is 0.276. The van der Waals surface area contributed by atoms with Gasteiger partial charge in [-0.1, -0.05) is 23.7 Å². The molecule has 2 aromatic heterocycles. The molecule has 0 bridgehead atoms. The number of methoxy groups -OCH3 is 1. The van der Waals surface area contributed by atoms with Crippen LogP contribution in [0.15, 0.2) is 48.7 Å². The number of para-hydroxylation sites is 2. The number of H-pyrrole nitrogens is 1. The summed E-state index contributed by atoms with van der Waals surface area (Å²) in [7, 11) is 3.20. The van der Waals surface area contributed by atoms with Crippen LogP contribution in [-0.4, -0.2) is 52.3 Å². The molecular weight excluding hydrogens is 494 g/mol. The normalized spacial score (nSPS) is 10.6. The number of carbonyl (C=O) groups excluding carboxylic acids is 1. The number of anilines is 1. The van der Waals surface area contributed by atoms with Gasteiger partial charge in [-0.15, -0.1) is 5.10 Å². The topological polar surface area (TPSA) is 130 Å². The van der Waals surface area contributed by atoms with E-state index in [4.69, 9.17) is 21.1 Å². The van der Waals surface area contributed by atoms with Gasteiger partial charge < -0.3 is 14.4 Å². The SMILES string of the molecule is COc1ccccc1N(C)C(=O)c1cc(-c2cnc(C)cc2C#N)c(Cl)cc1OCCCc1nnn[nH]1. The van der Waals surface area contributed by atoms with E-state index >= 15 is 0 Å². The molecule has 188 valence electrons. The molecule has 0 saturated heterocycles. The minimum atomic E-state index is -0.338. The number of pyridine rings is 1. The number of aryl methyl sites for hydroxylation is 2. The van der Waals surface area contributed by atoms with E-state index in [1.807, 2.05) is 12.1 Å². The Hall–Kier alpha value is -4.49. The Bertz CT molecular complexity index is 1450. The van der Waals surface area contributed by atoms with Gasteiger partial charge in [-0.3, -0.25) is 9.78 Å². The maximum atomic E-state index is 13.8. The molecule has 0 spiro atoms. The highest BCUT2D eigenvalue weighted by atomic mass is 35.5. The lowest BCUT2D eigenvalue weighted by atomic mass is 9.98. The van der Waals surface area contributed by atoms with E-state index in [0.29, 0.717) is 69.9 Å². The molecule has 1 amide bonds. The van der Waals surface area contributed by atoms with Crippen molar-refractivity contribution >= 4 is 23.2 Å². The van der Waals surface area contributed by atoms with Crippen molar-refractivity contribution < 1.29 is 14.3 Å². The first-order chi connectivity index (χ1) is 17.9. The highest BCUT2D eigenvalue weighted by molar-refractivity contribution is 6.34. The van der Waals surface area contributed by atoms with Crippen LogP contribution in [0.3, 0.4) is 0 Å². The average Bonchev–Trinajstić information content (AvgIpc) is 3.44. The third-order valence-corrected chi connectivity index (χ3v) is 6.02. The summed E-state index contributed by atoms with van der Waals surface area (Å²) in [5, 5.41) is 23.7. The minimum Gasteiger partial charge on any atom is -0.495 e. The fraction of sp³-hybridized carbons (Fsp3) is 0.231. The van der Waals surface area contributed by atoms with Crippen LogP contribution in [0.4, 0.5) is 5.69 Å². The Kier molecular flexibility index (Phi) is 7.95. The number of ether oxygens (including phenoxy) is 2. The first-order valence-corrected chi connectivity index (χ1v) is 11.8. The maximum Gasteiger partial charge on any atom is 0.261 e. The van der Waals surface area contributed by atoms with E-state index in [0.717, 1.165) is 0 Å². The molecule has 0 atom stereocenters. The number of halogens is 1. The molecule has 2 heterocycles. The van der Waals surface area contributed by atoms with Gasteiger partial charge in [0, 0.05) is 42.6 Å². The number of aromatic nitrogens is 5. The number of nitrogens with one attached hydrogen (secondary N) is 1. The highest BCUT2D eigenvalue weighted by Gasteiger charge is 2.24. The zero-order valence-electron chi connectivity index (χ0n) is 20.5. The van der Waals surface area contributed by atoms with Gasteiger partial charge in [-0.25, -0.2) is 5.10 Å².